The maximum absolute atomic E-state index is 12.4. The number of hydrogen-bond donors (Lipinski definition) is 1. The van der Waals surface area contributed by atoms with Gasteiger partial charge in [-0.2, -0.15) is 5.26 Å². The van der Waals surface area contributed by atoms with Crippen LogP contribution < -0.4 is 14.8 Å². The molecule has 0 aliphatic carbocycles. The summed E-state index contributed by atoms with van der Waals surface area (Å²) in [5.41, 5.74) is -0.674. The van der Waals surface area contributed by atoms with Crippen molar-refractivity contribution in [2.45, 2.75) is 12.5 Å². The number of imide groups is 1. The molecule has 21 heavy (non-hydrogen) atoms. The monoisotopic (exact) mass is 289 g/mol. The minimum atomic E-state index is -1.23. The Balaban J connectivity index is 2.44. The molecule has 110 valence electrons. The largest absolute Gasteiger partial charge is 0.493 e. The molecular weight excluding hydrogens is 274 g/mol. The molecule has 1 atom stereocenters. The van der Waals surface area contributed by atoms with Crippen LogP contribution in [0.3, 0.4) is 0 Å². The molecule has 0 spiro atoms. The first-order valence-corrected chi connectivity index (χ1v) is 6.21. The smallest absolute Gasteiger partial charge is 0.326 e. The highest BCUT2D eigenvalue weighted by atomic mass is 16.5. The number of ether oxygens (including phenoxy) is 2. The highest BCUT2D eigenvalue weighted by Crippen LogP contribution is 2.35. The first-order valence-electron chi connectivity index (χ1n) is 6.21. The van der Waals surface area contributed by atoms with E-state index in [2.05, 4.69) is 5.32 Å². The van der Waals surface area contributed by atoms with E-state index in [0.29, 0.717) is 17.1 Å². The second-order valence-electron chi connectivity index (χ2n) is 4.67. The lowest BCUT2D eigenvalue weighted by molar-refractivity contribution is -0.130. The Kier molecular flexibility index (Phi) is 3.72. The summed E-state index contributed by atoms with van der Waals surface area (Å²) in [6, 6.07) is 6.18. The van der Waals surface area contributed by atoms with Crippen LogP contribution in [0.15, 0.2) is 18.2 Å². The molecule has 1 N–H and O–H groups in total. The molecule has 0 radical (unpaired) electrons. The quantitative estimate of drug-likeness (QED) is 0.659. The first-order chi connectivity index (χ1) is 9.97. The van der Waals surface area contributed by atoms with Crippen LogP contribution in [0.5, 0.6) is 11.5 Å². The van der Waals surface area contributed by atoms with Crippen LogP contribution in [0.1, 0.15) is 12.5 Å². The standard InChI is InChI=1S/C14H15N3O4/c1-14(12(18)17(7-6-15)13(19)16-14)9-4-5-10(20-2)11(8-9)21-3/h4-5,8H,7H2,1-3H3,(H,16,19)/t14-/m1/s1. The van der Waals surface area contributed by atoms with Crippen molar-refractivity contribution in [2.75, 3.05) is 20.8 Å². The summed E-state index contributed by atoms with van der Waals surface area (Å²) < 4.78 is 10.3. The van der Waals surface area contributed by atoms with E-state index in [4.69, 9.17) is 14.7 Å². The summed E-state index contributed by atoms with van der Waals surface area (Å²) in [6.45, 7) is 1.30. The zero-order chi connectivity index (χ0) is 15.6. The summed E-state index contributed by atoms with van der Waals surface area (Å²) in [7, 11) is 3.00. The van der Waals surface area contributed by atoms with Crippen molar-refractivity contribution in [1.82, 2.24) is 10.2 Å². The van der Waals surface area contributed by atoms with Gasteiger partial charge in [0.15, 0.2) is 11.5 Å². The van der Waals surface area contributed by atoms with E-state index in [1.807, 2.05) is 0 Å². The highest BCUT2D eigenvalue weighted by molar-refractivity contribution is 6.07. The van der Waals surface area contributed by atoms with E-state index >= 15 is 0 Å². The van der Waals surface area contributed by atoms with Crippen molar-refractivity contribution < 1.29 is 19.1 Å². The molecule has 7 nitrogen and oxygen atoms in total. The van der Waals surface area contributed by atoms with Gasteiger partial charge in [-0.1, -0.05) is 6.07 Å². The summed E-state index contributed by atoms with van der Waals surface area (Å²) in [6.07, 6.45) is 0. The van der Waals surface area contributed by atoms with Gasteiger partial charge in [-0.05, 0) is 24.6 Å². The molecule has 0 unspecified atom stereocenters. The van der Waals surface area contributed by atoms with Crippen molar-refractivity contribution in [3.63, 3.8) is 0 Å². The number of carbonyl (C=O) groups is 2. The van der Waals surface area contributed by atoms with Gasteiger partial charge in [-0.25, -0.2) is 9.69 Å². The third-order valence-electron chi connectivity index (χ3n) is 3.46. The van der Waals surface area contributed by atoms with Gasteiger partial charge in [-0.15, -0.1) is 0 Å². The number of urea groups is 1. The van der Waals surface area contributed by atoms with Crippen LogP contribution in [-0.4, -0.2) is 37.6 Å². The van der Waals surface area contributed by atoms with E-state index in [9.17, 15) is 9.59 Å². The summed E-state index contributed by atoms with van der Waals surface area (Å²) in [5.74, 6) is 0.508. The predicted molar refractivity (Wildman–Crippen MR) is 72.8 cm³/mol. The third kappa shape index (κ3) is 2.25. The normalized spacial score (nSPS) is 21.0. The number of methoxy groups -OCH3 is 2. The topological polar surface area (TPSA) is 91.7 Å². The fourth-order valence-electron chi connectivity index (χ4n) is 2.25. The highest BCUT2D eigenvalue weighted by Gasteiger charge is 2.49. The molecule has 0 saturated carbocycles. The summed E-state index contributed by atoms with van der Waals surface area (Å²) in [4.78, 5) is 25.1. The Hall–Kier alpha value is -2.75. The molecule has 3 amide bonds. The van der Waals surface area contributed by atoms with Crippen LogP contribution in [0.4, 0.5) is 4.79 Å². The van der Waals surface area contributed by atoms with Crippen molar-refractivity contribution in [2.24, 2.45) is 0 Å². The number of nitrogens with one attached hydrogen (secondary N) is 1. The van der Waals surface area contributed by atoms with E-state index in [0.717, 1.165) is 4.90 Å². The summed E-state index contributed by atoms with van der Waals surface area (Å²) >= 11 is 0. The summed E-state index contributed by atoms with van der Waals surface area (Å²) in [5, 5.41) is 11.3. The van der Waals surface area contributed by atoms with Crippen LogP contribution in [0.25, 0.3) is 0 Å². The zero-order valence-corrected chi connectivity index (χ0v) is 12.0. The Morgan fingerprint density at radius 2 is 1.95 bits per heavy atom. The molecule has 0 bridgehead atoms. The lowest BCUT2D eigenvalue weighted by Gasteiger charge is -2.23. The van der Waals surface area contributed by atoms with E-state index in [1.165, 1.54) is 14.2 Å². The lowest BCUT2D eigenvalue weighted by Crippen LogP contribution is -2.40. The van der Waals surface area contributed by atoms with E-state index in [1.54, 1.807) is 31.2 Å². The number of nitrogens with zero attached hydrogens (tertiary/aromatic N) is 2. The SMILES string of the molecule is COc1ccc([C@@]2(C)NC(=O)N(CC#N)C2=O)cc1OC. The van der Waals surface area contributed by atoms with Gasteiger partial charge in [0.2, 0.25) is 0 Å². The molecule has 1 aliphatic rings. The van der Waals surface area contributed by atoms with Gasteiger partial charge in [0.25, 0.3) is 5.91 Å². The zero-order valence-electron chi connectivity index (χ0n) is 12.0. The van der Waals surface area contributed by atoms with E-state index in [-0.39, 0.29) is 6.54 Å². The maximum Gasteiger partial charge on any atom is 0.326 e. The Morgan fingerprint density at radius 1 is 1.29 bits per heavy atom. The van der Waals surface area contributed by atoms with Gasteiger partial charge >= 0.3 is 6.03 Å². The molecule has 1 saturated heterocycles. The molecule has 2 rings (SSSR count). The third-order valence-corrected chi connectivity index (χ3v) is 3.46. The van der Waals surface area contributed by atoms with Crippen molar-refractivity contribution in [3.8, 4) is 17.6 Å². The molecule has 1 heterocycles. The molecule has 7 heteroatoms. The lowest BCUT2D eigenvalue weighted by atomic mass is 9.91. The number of carbonyl (C=O) groups excluding carboxylic acids is 2. The van der Waals surface area contributed by atoms with Crippen molar-refractivity contribution in [3.05, 3.63) is 23.8 Å². The fraction of sp³-hybridized carbons (Fsp3) is 0.357. The fourth-order valence-corrected chi connectivity index (χ4v) is 2.25. The number of benzene rings is 1. The number of amides is 3. The van der Waals surface area contributed by atoms with Gasteiger partial charge in [0.1, 0.15) is 12.1 Å². The Bertz CT molecular complexity index is 638. The second-order valence-corrected chi connectivity index (χ2v) is 4.67. The molecule has 1 aliphatic heterocycles. The maximum atomic E-state index is 12.4. The van der Waals surface area contributed by atoms with Gasteiger partial charge in [0.05, 0.1) is 20.3 Å². The molecule has 1 aromatic rings. The predicted octanol–water partition coefficient (Wildman–Crippen LogP) is 0.994. The van der Waals surface area contributed by atoms with Crippen LogP contribution >= 0.6 is 0 Å². The minimum Gasteiger partial charge on any atom is -0.493 e. The van der Waals surface area contributed by atoms with Gasteiger partial charge < -0.3 is 14.8 Å². The Labute approximate surface area is 122 Å². The number of nitriles is 1. The van der Waals surface area contributed by atoms with E-state index < -0.39 is 17.5 Å². The Morgan fingerprint density at radius 3 is 2.52 bits per heavy atom. The first kappa shape index (κ1) is 14.7. The van der Waals surface area contributed by atoms with Crippen molar-refractivity contribution >= 4 is 11.9 Å². The van der Waals surface area contributed by atoms with Crippen molar-refractivity contribution in [1.29, 1.82) is 5.26 Å². The average molecular weight is 289 g/mol. The second kappa shape index (κ2) is 5.32. The molecule has 1 fully saturated rings. The number of rotatable bonds is 4. The van der Waals surface area contributed by atoms with Crippen LogP contribution in [0, 0.1) is 11.3 Å². The van der Waals surface area contributed by atoms with Crippen LogP contribution in [-0.2, 0) is 10.3 Å². The van der Waals surface area contributed by atoms with Gasteiger partial charge in [0, 0.05) is 0 Å². The van der Waals surface area contributed by atoms with Gasteiger partial charge in [-0.3, -0.25) is 4.79 Å². The molecule has 0 aromatic heterocycles. The minimum absolute atomic E-state index is 0.284. The molecule has 1 aromatic carbocycles. The number of hydrogen-bond acceptors (Lipinski definition) is 5. The average Bonchev–Trinajstić information content (AvgIpc) is 2.71. The molecular formula is C14H15N3O4. The van der Waals surface area contributed by atoms with Crippen LogP contribution in [0.2, 0.25) is 0 Å².